The van der Waals surface area contributed by atoms with Gasteiger partial charge in [-0.15, -0.1) is 0 Å². The van der Waals surface area contributed by atoms with E-state index in [1.807, 2.05) is 6.92 Å². The van der Waals surface area contributed by atoms with Crippen LogP contribution in [0.25, 0.3) is 0 Å². The van der Waals surface area contributed by atoms with Gasteiger partial charge in [-0.1, -0.05) is 11.6 Å². The third-order valence-electron chi connectivity index (χ3n) is 3.01. The Labute approximate surface area is 115 Å². The molecule has 2 N–H and O–H groups in total. The molecule has 1 unspecified atom stereocenters. The predicted octanol–water partition coefficient (Wildman–Crippen LogP) is 2.90. The third-order valence-corrected chi connectivity index (χ3v) is 3.48. The van der Waals surface area contributed by atoms with E-state index in [2.05, 4.69) is 5.10 Å². The maximum absolute atomic E-state index is 13.2. The molecule has 2 aromatic rings. The largest absolute Gasteiger partial charge is 0.324 e. The number of hydrogen-bond acceptors (Lipinski definition) is 2. The van der Waals surface area contributed by atoms with Crippen molar-refractivity contribution in [2.75, 3.05) is 0 Å². The van der Waals surface area contributed by atoms with Crippen LogP contribution in [0.3, 0.4) is 0 Å². The van der Waals surface area contributed by atoms with Crippen LogP contribution in [0.4, 0.5) is 8.78 Å². The van der Waals surface area contributed by atoms with E-state index >= 15 is 0 Å². The third kappa shape index (κ3) is 2.93. The molecule has 0 fully saturated rings. The lowest BCUT2D eigenvalue weighted by Gasteiger charge is -2.12. The topological polar surface area (TPSA) is 43.8 Å². The molecule has 0 spiro atoms. The van der Waals surface area contributed by atoms with E-state index in [0.717, 1.165) is 17.3 Å². The first kappa shape index (κ1) is 14.0. The highest BCUT2D eigenvalue weighted by Gasteiger charge is 2.17. The molecule has 0 radical (unpaired) electrons. The Morgan fingerprint density at radius 1 is 1.32 bits per heavy atom. The summed E-state index contributed by atoms with van der Waals surface area (Å²) < 4.78 is 27.9. The minimum Gasteiger partial charge on any atom is -0.324 e. The zero-order valence-electron chi connectivity index (χ0n) is 10.6. The van der Waals surface area contributed by atoms with Gasteiger partial charge in [0.25, 0.3) is 0 Å². The van der Waals surface area contributed by atoms with Crippen LogP contribution in [0.15, 0.2) is 18.2 Å². The summed E-state index contributed by atoms with van der Waals surface area (Å²) >= 11 is 6.10. The smallest absolute Gasteiger partial charge is 0.130 e. The zero-order valence-corrected chi connectivity index (χ0v) is 11.4. The SMILES string of the molecule is Cc1nn(C)c(Cl)c1CC(N)c1cc(F)cc(F)c1. The average Bonchev–Trinajstić information content (AvgIpc) is 2.54. The van der Waals surface area contributed by atoms with Gasteiger partial charge in [-0.05, 0) is 31.0 Å². The number of aryl methyl sites for hydroxylation is 2. The lowest BCUT2D eigenvalue weighted by molar-refractivity contribution is 0.572. The Kier molecular flexibility index (Phi) is 3.87. The van der Waals surface area contributed by atoms with Gasteiger partial charge in [0.15, 0.2) is 0 Å². The monoisotopic (exact) mass is 285 g/mol. The summed E-state index contributed by atoms with van der Waals surface area (Å²) in [6, 6.07) is 2.74. The lowest BCUT2D eigenvalue weighted by atomic mass is 10.00. The van der Waals surface area contributed by atoms with Gasteiger partial charge in [0, 0.05) is 24.7 Å². The molecule has 0 aliphatic rings. The summed E-state index contributed by atoms with van der Waals surface area (Å²) in [4.78, 5) is 0. The molecule has 1 aromatic carbocycles. The van der Waals surface area contributed by atoms with Crippen molar-refractivity contribution in [1.29, 1.82) is 0 Å². The second kappa shape index (κ2) is 5.27. The molecular formula is C13H14ClF2N3. The van der Waals surface area contributed by atoms with Gasteiger partial charge in [0.2, 0.25) is 0 Å². The minimum atomic E-state index is -0.639. The number of aromatic nitrogens is 2. The molecule has 0 amide bonds. The van der Waals surface area contributed by atoms with Gasteiger partial charge in [-0.25, -0.2) is 8.78 Å². The first-order chi connectivity index (χ1) is 8.88. The molecule has 6 heteroatoms. The van der Waals surface area contributed by atoms with Gasteiger partial charge in [-0.3, -0.25) is 4.68 Å². The summed E-state index contributed by atoms with van der Waals surface area (Å²) in [5.41, 5.74) is 7.94. The summed E-state index contributed by atoms with van der Waals surface area (Å²) in [6.07, 6.45) is 0.376. The molecule has 1 aromatic heterocycles. The van der Waals surface area contributed by atoms with Gasteiger partial charge in [0.1, 0.15) is 16.8 Å². The first-order valence-electron chi connectivity index (χ1n) is 5.78. The maximum atomic E-state index is 13.2. The fraction of sp³-hybridized carbons (Fsp3) is 0.308. The maximum Gasteiger partial charge on any atom is 0.130 e. The molecule has 0 aliphatic carbocycles. The van der Waals surface area contributed by atoms with Crippen LogP contribution in [0.1, 0.15) is 22.9 Å². The summed E-state index contributed by atoms with van der Waals surface area (Å²) in [7, 11) is 1.73. The number of hydrogen-bond donors (Lipinski definition) is 1. The molecule has 1 heterocycles. The van der Waals surface area contributed by atoms with Crippen molar-refractivity contribution in [2.45, 2.75) is 19.4 Å². The van der Waals surface area contributed by atoms with Gasteiger partial charge in [-0.2, -0.15) is 5.10 Å². The average molecular weight is 286 g/mol. The highest BCUT2D eigenvalue weighted by atomic mass is 35.5. The molecule has 1 atom stereocenters. The van der Waals surface area contributed by atoms with Gasteiger partial charge >= 0.3 is 0 Å². The Morgan fingerprint density at radius 3 is 2.37 bits per heavy atom. The van der Waals surface area contributed by atoms with Crippen molar-refractivity contribution in [3.63, 3.8) is 0 Å². The van der Waals surface area contributed by atoms with Crippen LogP contribution in [0, 0.1) is 18.6 Å². The normalized spacial score (nSPS) is 12.7. The molecule has 3 nitrogen and oxygen atoms in total. The Balaban J connectivity index is 2.27. The van der Waals surface area contributed by atoms with Crippen molar-refractivity contribution in [3.8, 4) is 0 Å². The molecule has 0 saturated heterocycles. The highest BCUT2D eigenvalue weighted by molar-refractivity contribution is 6.30. The van der Waals surface area contributed by atoms with Crippen LogP contribution < -0.4 is 5.73 Å². The van der Waals surface area contributed by atoms with E-state index in [4.69, 9.17) is 17.3 Å². The van der Waals surface area contributed by atoms with Crippen LogP contribution in [0.2, 0.25) is 5.15 Å². The fourth-order valence-corrected chi connectivity index (χ4v) is 2.28. The number of halogens is 3. The van der Waals surface area contributed by atoms with Crippen LogP contribution in [-0.2, 0) is 13.5 Å². The van der Waals surface area contributed by atoms with Crippen molar-refractivity contribution >= 4 is 11.6 Å². The number of nitrogens with two attached hydrogens (primary N) is 1. The number of benzene rings is 1. The molecule has 0 aliphatic heterocycles. The molecule has 19 heavy (non-hydrogen) atoms. The van der Waals surface area contributed by atoms with Gasteiger partial charge < -0.3 is 5.73 Å². The van der Waals surface area contributed by atoms with E-state index in [9.17, 15) is 8.78 Å². The predicted molar refractivity (Wildman–Crippen MR) is 69.9 cm³/mol. The van der Waals surface area contributed by atoms with Crippen molar-refractivity contribution in [3.05, 3.63) is 51.8 Å². The highest BCUT2D eigenvalue weighted by Crippen LogP contribution is 2.25. The van der Waals surface area contributed by atoms with Crippen LogP contribution in [-0.4, -0.2) is 9.78 Å². The summed E-state index contributed by atoms with van der Waals surface area (Å²) in [6.45, 7) is 1.82. The van der Waals surface area contributed by atoms with Crippen LogP contribution in [0.5, 0.6) is 0 Å². The first-order valence-corrected chi connectivity index (χ1v) is 6.16. The quantitative estimate of drug-likeness (QED) is 0.942. The lowest BCUT2D eigenvalue weighted by Crippen LogP contribution is -2.14. The van der Waals surface area contributed by atoms with Crippen molar-refractivity contribution < 1.29 is 8.78 Å². The molecule has 0 bridgehead atoms. The number of rotatable bonds is 3. The van der Waals surface area contributed by atoms with Crippen molar-refractivity contribution in [1.82, 2.24) is 9.78 Å². The van der Waals surface area contributed by atoms with Crippen LogP contribution >= 0.6 is 11.6 Å². The number of nitrogens with zero attached hydrogens (tertiary/aromatic N) is 2. The Morgan fingerprint density at radius 2 is 1.89 bits per heavy atom. The molecule has 0 saturated carbocycles. The molecule has 2 rings (SSSR count). The standard InChI is InChI=1S/C13H14ClF2N3/c1-7-11(13(14)19(2)18-7)6-12(17)8-3-9(15)5-10(16)4-8/h3-5,12H,6,17H2,1-2H3. The minimum absolute atomic E-state index is 0.376. The zero-order chi connectivity index (χ0) is 14.2. The Hall–Kier alpha value is -1.46. The van der Waals surface area contributed by atoms with E-state index in [1.165, 1.54) is 12.1 Å². The van der Waals surface area contributed by atoms with E-state index in [-0.39, 0.29) is 0 Å². The Bertz CT molecular complexity index is 590. The van der Waals surface area contributed by atoms with E-state index < -0.39 is 17.7 Å². The second-order valence-corrected chi connectivity index (χ2v) is 4.85. The second-order valence-electron chi connectivity index (χ2n) is 4.49. The van der Waals surface area contributed by atoms with Gasteiger partial charge in [0.05, 0.1) is 5.69 Å². The summed E-state index contributed by atoms with van der Waals surface area (Å²) in [5.74, 6) is -1.28. The molecule has 102 valence electrons. The molecular weight excluding hydrogens is 272 g/mol. The summed E-state index contributed by atoms with van der Waals surface area (Å²) in [5, 5.41) is 4.66. The van der Waals surface area contributed by atoms with E-state index in [1.54, 1.807) is 11.7 Å². The van der Waals surface area contributed by atoms with E-state index in [0.29, 0.717) is 17.1 Å². The van der Waals surface area contributed by atoms with Crippen molar-refractivity contribution in [2.24, 2.45) is 12.8 Å². The fourth-order valence-electron chi connectivity index (χ4n) is 2.03.